The lowest BCUT2D eigenvalue weighted by molar-refractivity contribution is -0.119. The number of ether oxygens (including phenoxy) is 1. The van der Waals surface area contributed by atoms with Gasteiger partial charge in [-0.05, 0) is 41.8 Å². The molecule has 1 amide bonds. The molecule has 4 nitrogen and oxygen atoms in total. The van der Waals surface area contributed by atoms with Crippen LogP contribution in [0.2, 0.25) is 0 Å². The second-order valence-electron chi connectivity index (χ2n) is 5.27. The highest BCUT2D eigenvalue weighted by atomic mass is 19.1. The molecule has 0 aliphatic heterocycles. The van der Waals surface area contributed by atoms with Crippen molar-refractivity contribution in [2.45, 2.75) is 27.0 Å². The molecule has 2 aromatic carbocycles. The molecular weight excluding hydrogens is 297 g/mol. The molecule has 0 aliphatic rings. The van der Waals surface area contributed by atoms with E-state index in [9.17, 15) is 14.0 Å². The predicted octanol–water partition coefficient (Wildman–Crippen LogP) is 3.13. The summed E-state index contributed by atoms with van der Waals surface area (Å²) in [5.41, 5.74) is 2.44. The highest BCUT2D eigenvalue weighted by molar-refractivity contribution is 5.89. The van der Waals surface area contributed by atoms with E-state index in [0.717, 1.165) is 5.56 Å². The predicted molar refractivity (Wildman–Crippen MR) is 84.2 cm³/mol. The normalized spacial score (nSPS) is 10.2. The third-order valence-corrected chi connectivity index (χ3v) is 3.34. The van der Waals surface area contributed by atoms with Gasteiger partial charge in [-0.15, -0.1) is 0 Å². The summed E-state index contributed by atoms with van der Waals surface area (Å²) in [6.45, 7) is 3.55. The molecule has 2 rings (SSSR count). The van der Waals surface area contributed by atoms with Crippen molar-refractivity contribution >= 4 is 11.9 Å². The topological polar surface area (TPSA) is 55.4 Å². The van der Waals surface area contributed by atoms with Crippen LogP contribution in [0.1, 0.15) is 34.0 Å². The molecule has 0 unspecified atom stereocenters. The summed E-state index contributed by atoms with van der Waals surface area (Å²) in [6, 6.07) is 11.5. The molecule has 0 spiro atoms. The van der Waals surface area contributed by atoms with Crippen LogP contribution in [0.3, 0.4) is 0 Å². The molecule has 0 heterocycles. The van der Waals surface area contributed by atoms with Crippen molar-refractivity contribution in [2.75, 3.05) is 0 Å². The fourth-order valence-electron chi connectivity index (χ4n) is 1.94. The Bertz CT molecular complexity index is 711. The number of carbonyl (C=O) groups is 2. The number of hydrogen-bond acceptors (Lipinski definition) is 3. The van der Waals surface area contributed by atoms with E-state index in [0.29, 0.717) is 23.2 Å². The minimum absolute atomic E-state index is 0.0175. The van der Waals surface area contributed by atoms with Crippen LogP contribution in [-0.4, -0.2) is 11.9 Å². The standard InChI is InChI=1S/C18H18FNO3/c1-12-3-4-15(9-17(12)19)11-23-18(22)16-7-5-14(6-8-16)10-20-13(2)21/h3-9H,10-11H2,1-2H3,(H,20,21). The minimum Gasteiger partial charge on any atom is -0.457 e. The fourth-order valence-corrected chi connectivity index (χ4v) is 1.94. The number of amides is 1. The first kappa shape index (κ1) is 16.7. The Morgan fingerprint density at radius 1 is 1.09 bits per heavy atom. The van der Waals surface area contributed by atoms with Crippen LogP contribution in [0.15, 0.2) is 42.5 Å². The molecule has 1 N–H and O–H groups in total. The van der Waals surface area contributed by atoms with E-state index in [1.165, 1.54) is 13.0 Å². The van der Waals surface area contributed by atoms with Crippen molar-refractivity contribution in [2.24, 2.45) is 0 Å². The zero-order valence-corrected chi connectivity index (χ0v) is 13.1. The number of nitrogens with one attached hydrogen (secondary N) is 1. The average Bonchev–Trinajstić information content (AvgIpc) is 2.54. The summed E-state index contributed by atoms with van der Waals surface area (Å²) in [4.78, 5) is 22.8. The summed E-state index contributed by atoms with van der Waals surface area (Å²) >= 11 is 0. The molecule has 0 aromatic heterocycles. The molecule has 0 bridgehead atoms. The lowest BCUT2D eigenvalue weighted by atomic mass is 10.1. The van der Waals surface area contributed by atoms with Crippen molar-refractivity contribution in [1.82, 2.24) is 5.32 Å². The largest absolute Gasteiger partial charge is 0.457 e. The Morgan fingerprint density at radius 3 is 2.35 bits per heavy atom. The maximum atomic E-state index is 13.4. The average molecular weight is 315 g/mol. The van der Waals surface area contributed by atoms with Gasteiger partial charge in [-0.1, -0.05) is 24.3 Å². The van der Waals surface area contributed by atoms with Crippen molar-refractivity contribution in [3.63, 3.8) is 0 Å². The van der Waals surface area contributed by atoms with Gasteiger partial charge in [0.2, 0.25) is 5.91 Å². The first-order valence-corrected chi connectivity index (χ1v) is 7.21. The third kappa shape index (κ3) is 4.92. The molecular formula is C18H18FNO3. The Balaban J connectivity index is 1.92. The van der Waals surface area contributed by atoms with E-state index in [2.05, 4.69) is 5.32 Å². The monoisotopic (exact) mass is 315 g/mol. The maximum Gasteiger partial charge on any atom is 0.338 e. The van der Waals surface area contributed by atoms with Gasteiger partial charge in [-0.25, -0.2) is 9.18 Å². The van der Waals surface area contributed by atoms with Crippen molar-refractivity contribution < 1.29 is 18.7 Å². The number of esters is 1. The molecule has 0 saturated heterocycles. The Labute approximate surface area is 134 Å². The van der Waals surface area contributed by atoms with Gasteiger partial charge in [-0.3, -0.25) is 4.79 Å². The van der Waals surface area contributed by atoms with E-state index in [1.807, 2.05) is 0 Å². The van der Waals surface area contributed by atoms with E-state index >= 15 is 0 Å². The number of hydrogen-bond donors (Lipinski definition) is 1. The van der Waals surface area contributed by atoms with Crippen molar-refractivity contribution in [3.8, 4) is 0 Å². The van der Waals surface area contributed by atoms with Crippen LogP contribution >= 0.6 is 0 Å². The van der Waals surface area contributed by atoms with Crippen molar-refractivity contribution in [3.05, 3.63) is 70.5 Å². The lowest BCUT2D eigenvalue weighted by Crippen LogP contribution is -2.18. The molecule has 0 aliphatic carbocycles. The fraction of sp³-hybridized carbons (Fsp3) is 0.222. The summed E-state index contributed by atoms with van der Waals surface area (Å²) in [5, 5.41) is 2.68. The number of benzene rings is 2. The second kappa shape index (κ2) is 7.54. The highest BCUT2D eigenvalue weighted by Crippen LogP contribution is 2.12. The smallest absolute Gasteiger partial charge is 0.338 e. The molecule has 120 valence electrons. The maximum absolute atomic E-state index is 13.4. The SMILES string of the molecule is CC(=O)NCc1ccc(C(=O)OCc2ccc(C)c(F)c2)cc1. The summed E-state index contributed by atoms with van der Waals surface area (Å²) in [6.07, 6.45) is 0. The molecule has 0 radical (unpaired) electrons. The summed E-state index contributed by atoms with van der Waals surface area (Å²) in [5.74, 6) is -0.906. The molecule has 0 atom stereocenters. The lowest BCUT2D eigenvalue weighted by Gasteiger charge is -2.07. The number of rotatable bonds is 5. The minimum atomic E-state index is -0.475. The number of halogens is 1. The van der Waals surface area contributed by atoms with E-state index in [1.54, 1.807) is 43.3 Å². The van der Waals surface area contributed by atoms with Crippen LogP contribution in [0, 0.1) is 12.7 Å². The van der Waals surface area contributed by atoms with Crippen LogP contribution in [-0.2, 0) is 22.7 Å². The van der Waals surface area contributed by atoms with Gasteiger partial charge >= 0.3 is 5.97 Å². The first-order chi connectivity index (χ1) is 11.0. The Kier molecular flexibility index (Phi) is 5.46. The summed E-state index contributed by atoms with van der Waals surface area (Å²) < 4.78 is 18.6. The molecule has 23 heavy (non-hydrogen) atoms. The second-order valence-corrected chi connectivity index (χ2v) is 5.27. The molecule has 5 heteroatoms. The first-order valence-electron chi connectivity index (χ1n) is 7.21. The highest BCUT2D eigenvalue weighted by Gasteiger charge is 2.08. The number of aryl methyl sites for hydroxylation is 1. The van der Waals surface area contributed by atoms with E-state index in [4.69, 9.17) is 4.74 Å². The molecule has 0 saturated carbocycles. The van der Waals surface area contributed by atoms with Gasteiger partial charge in [0.25, 0.3) is 0 Å². The van der Waals surface area contributed by atoms with Gasteiger partial charge in [-0.2, -0.15) is 0 Å². The molecule has 2 aromatic rings. The zero-order valence-electron chi connectivity index (χ0n) is 13.1. The molecule has 0 fully saturated rings. The number of carbonyl (C=O) groups excluding carboxylic acids is 2. The van der Waals surface area contributed by atoms with Gasteiger partial charge < -0.3 is 10.1 Å². The Morgan fingerprint density at radius 2 is 1.74 bits per heavy atom. The van der Waals surface area contributed by atoms with Crippen LogP contribution < -0.4 is 5.32 Å². The van der Waals surface area contributed by atoms with Gasteiger partial charge in [0, 0.05) is 13.5 Å². The zero-order chi connectivity index (χ0) is 16.8. The van der Waals surface area contributed by atoms with E-state index in [-0.39, 0.29) is 18.3 Å². The van der Waals surface area contributed by atoms with E-state index < -0.39 is 5.97 Å². The van der Waals surface area contributed by atoms with Crippen LogP contribution in [0.4, 0.5) is 4.39 Å². The third-order valence-electron chi connectivity index (χ3n) is 3.34. The summed E-state index contributed by atoms with van der Waals surface area (Å²) in [7, 11) is 0. The van der Waals surface area contributed by atoms with Crippen LogP contribution in [0.5, 0.6) is 0 Å². The van der Waals surface area contributed by atoms with Gasteiger partial charge in [0.05, 0.1) is 5.56 Å². The van der Waals surface area contributed by atoms with Gasteiger partial charge in [0.15, 0.2) is 0 Å². The Hall–Kier alpha value is -2.69. The van der Waals surface area contributed by atoms with Crippen LogP contribution in [0.25, 0.3) is 0 Å². The van der Waals surface area contributed by atoms with Gasteiger partial charge in [0.1, 0.15) is 12.4 Å². The quantitative estimate of drug-likeness (QED) is 0.863. The van der Waals surface area contributed by atoms with Crippen molar-refractivity contribution in [1.29, 1.82) is 0 Å².